The van der Waals surface area contributed by atoms with Gasteiger partial charge in [-0.2, -0.15) is 0 Å². The van der Waals surface area contributed by atoms with Crippen molar-refractivity contribution >= 4 is 5.78 Å². The summed E-state index contributed by atoms with van der Waals surface area (Å²) in [5.41, 5.74) is 3.37. The number of rotatable bonds is 2. The van der Waals surface area contributed by atoms with Gasteiger partial charge in [-0.3, -0.25) is 4.79 Å². The van der Waals surface area contributed by atoms with E-state index in [4.69, 9.17) is 9.15 Å². The van der Waals surface area contributed by atoms with E-state index in [0.717, 1.165) is 28.9 Å². The van der Waals surface area contributed by atoms with Gasteiger partial charge in [-0.1, -0.05) is 60.2 Å². The van der Waals surface area contributed by atoms with E-state index < -0.39 is 5.60 Å². The Labute approximate surface area is 152 Å². The molecular formula is C23H20O3. The Hall–Kier alpha value is -2.65. The summed E-state index contributed by atoms with van der Waals surface area (Å²) in [6.45, 7) is 3.98. The highest BCUT2D eigenvalue weighted by Gasteiger charge is 2.57. The third kappa shape index (κ3) is 2.14. The van der Waals surface area contributed by atoms with E-state index >= 15 is 0 Å². The van der Waals surface area contributed by atoms with Gasteiger partial charge in [0.2, 0.25) is 5.78 Å². The number of aryl methyl sites for hydroxylation is 1. The van der Waals surface area contributed by atoms with Crippen LogP contribution in [-0.2, 0) is 4.74 Å². The molecule has 2 bridgehead atoms. The van der Waals surface area contributed by atoms with Gasteiger partial charge in [0, 0.05) is 17.0 Å². The summed E-state index contributed by atoms with van der Waals surface area (Å²) in [5.74, 6) is 1.20. The highest BCUT2D eigenvalue weighted by Crippen LogP contribution is 2.55. The van der Waals surface area contributed by atoms with E-state index in [2.05, 4.69) is 31.2 Å². The molecule has 0 spiro atoms. The molecule has 0 N–H and O–H groups in total. The number of Topliss-reactive ketones (excluding diaryl/α,β-unsaturated/α-hetero) is 1. The molecule has 2 aromatic carbocycles. The van der Waals surface area contributed by atoms with Gasteiger partial charge in [0.1, 0.15) is 11.4 Å². The summed E-state index contributed by atoms with van der Waals surface area (Å²) in [6, 6.07) is 20.3. The van der Waals surface area contributed by atoms with Crippen molar-refractivity contribution in [1.82, 2.24) is 0 Å². The summed E-state index contributed by atoms with van der Waals surface area (Å²) in [5, 5.41) is 0. The molecule has 1 fully saturated rings. The highest BCUT2D eigenvalue weighted by molar-refractivity contribution is 6.04. The molecule has 0 saturated carbocycles. The molecule has 1 aromatic heterocycles. The first-order valence-electron chi connectivity index (χ1n) is 9.04. The predicted octanol–water partition coefficient (Wildman–Crippen LogP) is 5.46. The zero-order valence-electron chi connectivity index (χ0n) is 14.9. The van der Waals surface area contributed by atoms with E-state index in [1.807, 2.05) is 43.3 Å². The van der Waals surface area contributed by atoms with Gasteiger partial charge in [-0.05, 0) is 31.9 Å². The molecule has 2 aliphatic heterocycles. The van der Waals surface area contributed by atoms with Crippen molar-refractivity contribution in [3.8, 4) is 11.3 Å². The average molecular weight is 344 g/mol. The Kier molecular flexibility index (Phi) is 3.25. The largest absolute Gasteiger partial charge is 0.452 e. The lowest BCUT2D eigenvalue weighted by molar-refractivity contribution is -0.0298. The van der Waals surface area contributed by atoms with E-state index in [1.54, 1.807) is 0 Å². The summed E-state index contributed by atoms with van der Waals surface area (Å²) in [7, 11) is 0. The fourth-order valence-electron chi connectivity index (χ4n) is 4.31. The summed E-state index contributed by atoms with van der Waals surface area (Å²) in [6.07, 6.45) is 0.701. The van der Waals surface area contributed by atoms with Gasteiger partial charge in [-0.25, -0.2) is 0 Å². The van der Waals surface area contributed by atoms with Crippen LogP contribution in [-0.4, -0.2) is 11.4 Å². The van der Waals surface area contributed by atoms with Crippen LogP contribution in [0.3, 0.4) is 0 Å². The van der Waals surface area contributed by atoms with Crippen LogP contribution < -0.4 is 0 Å². The molecular weight excluding hydrogens is 324 g/mol. The lowest BCUT2D eigenvalue weighted by Crippen LogP contribution is -2.41. The van der Waals surface area contributed by atoms with Crippen molar-refractivity contribution in [2.24, 2.45) is 0 Å². The number of carbonyl (C=O) groups is 1. The molecule has 3 heteroatoms. The molecule has 3 nitrogen and oxygen atoms in total. The van der Waals surface area contributed by atoms with Crippen LogP contribution >= 0.6 is 0 Å². The molecule has 130 valence electrons. The first-order chi connectivity index (χ1) is 12.6. The zero-order chi connectivity index (χ0) is 17.9. The maximum absolute atomic E-state index is 13.3. The SMILES string of the molecule is Cc1ccc([C@@H]2C[C@H]3O[C@]2(C)C(=O)c2oc(-c4ccccc4)cc23)cc1. The molecule has 5 rings (SSSR count). The number of ether oxygens (including phenoxy) is 1. The van der Waals surface area contributed by atoms with Crippen LogP contribution in [0.15, 0.2) is 65.1 Å². The predicted molar refractivity (Wildman–Crippen MR) is 99.2 cm³/mol. The Morgan fingerprint density at radius 1 is 1.04 bits per heavy atom. The van der Waals surface area contributed by atoms with Gasteiger partial charge < -0.3 is 9.15 Å². The second-order valence-electron chi connectivity index (χ2n) is 7.50. The maximum Gasteiger partial charge on any atom is 0.230 e. The Balaban J connectivity index is 1.56. The lowest BCUT2D eigenvalue weighted by Gasteiger charge is -2.31. The molecule has 0 aliphatic carbocycles. The molecule has 0 radical (unpaired) electrons. The maximum atomic E-state index is 13.3. The summed E-state index contributed by atoms with van der Waals surface area (Å²) in [4.78, 5) is 13.3. The normalized spacial score (nSPS) is 26.8. The molecule has 2 aliphatic rings. The fourth-order valence-corrected chi connectivity index (χ4v) is 4.31. The van der Waals surface area contributed by atoms with E-state index in [1.165, 1.54) is 5.56 Å². The summed E-state index contributed by atoms with van der Waals surface area (Å²) < 4.78 is 12.3. The van der Waals surface area contributed by atoms with Crippen molar-refractivity contribution in [3.05, 3.63) is 83.1 Å². The summed E-state index contributed by atoms with van der Waals surface area (Å²) >= 11 is 0. The van der Waals surface area contributed by atoms with Crippen LogP contribution in [0.2, 0.25) is 0 Å². The second-order valence-corrected chi connectivity index (χ2v) is 7.50. The van der Waals surface area contributed by atoms with E-state index in [-0.39, 0.29) is 17.8 Å². The van der Waals surface area contributed by atoms with Gasteiger partial charge >= 0.3 is 0 Å². The van der Waals surface area contributed by atoms with Crippen molar-refractivity contribution < 1.29 is 13.9 Å². The minimum atomic E-state index is -0.862. The van der Waals surface area contributed by atoms with E-state index in [9.17, 15) is 4.79 Å². The minimum Gasteiger partial charge on any atom is -0.452 e. The first kappa shape index (κ1) is 15.6. The molecule has 3 aromatic rings. The van der Waals surface area contributed by atoms with E-state index in [0.29, 0.717) is 5.76 Å². The van der Waals surface area contributed by atoms with Gasteiger partial charge in [0.15, 0.2) is 5.76 Å². The Morgan fingerprint density at radius 3 is 2.50 bits per heavy atom. The van der Waals surface area contributed by atoms with Crippen molar-refractivity contribution in [1.29, 1.82) is 0 Å². The molecule has 3 atom stereocenters. The van der Waals surface area contributed by atoms with Crippen molar-refractivity contribution in [2.45, 2.75) is 37.9 Å². The van der Waals surface area contributed by atoms with Gasteiger partial charge in [0.05, 0.1) is 6.10 Å². The molecule has 3 heterocycles. The number of hydrogen-bond donors (Lipinski definition) is 0. The Morgan fingerprint density at radius 2 is 1.77 bits per heavy atom. The topological polar surface area (TPSA) is 39.4 Å². The van der Waals surface area contributed by atoms with Gasteiger partial charge in [0.25, 0.3) is 0 Å². The van der Waals surface area contributed by atoms with Crippen molar-refractivity contribution in [2.75, 3.05) is 0 Å². The number of carbonyl (C=O) groups excluding carboxylic acids is 1. The number of fused-ring (bicyclic) bond motifs is 4. The standard InChI is InChI=1S/C23H20O3/c1-14-8-10-15(11-9-14)18-13-20-17-12-19(16-6-4-3-5-7-16)25-21(17)22(24)23(18,2)26-20/h3-12,18,20H,13H2,1-2H3/t18-,20+,23-/m0/s1. The third-order valence-electron chi connectivity index (χ3n) is 5.80. The molecule has 0 amide bonds. The van der Waals surface area contributed by atoms with Crippen LogP contribution in [0.4, 0.5) is 0 Å². The zero-order valence-corrected chi connectivity index (χ0v) is 14.9. The number of furan rings is 1. The minimum absolute atomic E-state index is 0.0448. The van der Waals surface area contributed by atoms with Crippen LogP contribution in [0.25, 0.3) is 11.3 Å². The average Bonchev–Trinajstić information content (AvgIpc) is 3.23. The molecule has 26 heavy (non-hydrogen) atoms. The third-order valence-corrected chi connectivity index (χ3v) is 5.80. The smallest absolute Gasteiger partial charge is 0.230 e. The fraction of sp³-hybridized carbons (Fsp3) is 0.261. The number of benzene rings is 2. The van der Waals surface area contributed by atoms with Crippen molar-refractivity contribution in [3.63, 3.8) is 0 Å². The number of hydrogen-bond acceptors (Lipinski definition) is 3. The molecule has 0 unspecified atom stereocenters. The second kappa shape index (κ2) is 5.42. The first-order valence-corrected chi connectivity index (χ1v) is 9.04. The number of ketones is 1. The van der Waals surface area contributed by atoms with Crippen LogP contribution in [0.1, 0.15) is 52.6 Å². The monoisotopic (exact) mass is 344 g/mol. The molecule has 1 saturated heterocycles. The van der Waals surface area contributed by atoms with Gasteiger partial charge in [-0.15, -0.1) is 0 Å². The quantitative estimate of drug-likeness (QED) is 0.620. The lowest BCUT2D eigenvalue weighted by atomic mass is 9.80. The highest BCUT2D eigenvalue weighted by atomic mass is 16.5. The van der Waals surface area contributed by atoms with Crippen LogP contribution in [0, 0.1) is 6.92 Å². The Bertz CT molecular complexity index is 984. The van der Waals surface area contributed by atoms with Crippen LogP contribution in [0.5, 0.6) is 0 Å².